The van der Waals surface area contributed by atoms with Gasteiger partial charge in [0.25, 0.3) is 5.56 Å². The van der Waals surface area contributed by atoms with Crippen LogP contribution in [0, 0.1) is 6.92 Å². The second-order valence-electron chi connectivity index (χ2n) is 5.27. The van der Waals surface area contributed by atoms with Crippen molar-refractivity contribution in [2.24, 2.45) is 0 Å². The monoisotopic (exact) mass is 296 g/mol. The van der Waals surface area contributed by atoms with Crippen molar-refractivity contribution in [3.8, 4) is 0 Å². The van der Waals surface area contributed by atoms with Gasteiger partial charge in [0, 0.05) is 0 Å². The molecule has 1 aliphatic heterocycles. The van der Waals surface area contributed by atoms with Gasteiger partial charge in [0.2, 0.25) is 0 Å². The molecule has 1 saturated heterocycles. The maximum absolute atomic E-state index is 11.8. The molecular formula is C12H16N4O5. The fourth-order valence-electron chi connectivity index (χ4n) is 2.65. The van der Waals surface area contributed by atoms with Gasteiger partial charge in [-0.1, -0.05) is 0 Å². The Kier molecular flexibility index (Phi) is 3.10. The highest BCUT2D eigenvalue weighted by atomic mass is 16.6. The molecular weight excluding hydrogens is 280 g/mol. The molecule has 9 nitrogen and oxygen atoms in total. The zero-order valence-electron chi connectivity index (χ0n) is 11.5. The van der Waals surface area contributed by atoms with E-state index in [4.69, 9.17) is 4.74 Å². The number of aliphatic hydroxyl groups excluding tert-OH is 3. The van der Waals surface area contributed by atoms with Crippen molar-refractivity contribution in [3.63, 3.8) is 0 Å². The molecule has 4 atom stereocenters. The molecule has 0 radical (unpaired) electrons. The fraction of sp³-hybridized carbons (Fsp3) is 0.583. The SMILES string of the molecule is Cc1nc2c(ncn2[C@]2(C)O[C@H](CO)[C@@H](O)[C@H]2O)c(=O)[nH]1. The van der Waals surface area contributed by atoms with Crippen molar-refractivity contribution in [3.05, 3.63) is 22.5 Å². The van der Waals surface area contributed by atoms with E-state index in [0.717, 1.165) is 0 Å². The number of fused-ring (bicyclic) bond motifs is 1. The minimum Gasteiger partial charge on any atom is -0.394 e. The third-order valence-corrected chi connectivity index (χ3v) is 3.83. The van der Waals surface area contributed by atoms with Crippen molar-refractivity contribution in [2.75, 3.05) is 6.61 Å². The van der Waals surface area contributed by atoms with Crippen LogP contribution in [0.1, 0.15) is 12.7 Å². The van der Waals surface area contributed by atoms with Crippen LogP contribution in [0.5, 0.6) is 0 Å². The highest BCUT2D eigenvalue weighted by molar-refractivity contribution is 5.69. The second kappa shape index (κ2) is 4.60. The maximum atomic E-state index is 11.8. The van der Waals surface area contributed by atoms with Gasteiger partial charge in [-0.3, -0.25) is 9.36 Å². The average molecular weight is 296 g/mol. The molecule has 9 heteroatoms. The lowest BCUT2D eigenvalue weighted by atomic mass is 10.0. The normalized spacial score (nSPS) is 32.9. The first-order chi connectivity index (χ1) is 9.88. The minimum absolute atomic E-state index is 0.111. The summed E-state index contributed by atoms with van der Waals surface area (Å²) in [5.41, 5.74) is -1.43. The van der Waals surface area contributed by atoms with Gasteiger partial charge in [0.1, 0.15) is 24.1 Å². The van der Waals surface area contributed by atoms with E-state index in [1.54, 1.807) is 6.92 Å². The molecule has 3 rings (SSSR count). The first-order valence-corrected chi connectivity index (χ1v) is 6.47. The van der Waals surface area contributed by atoms with Crippen molar-refractivity contribution < 1.29 is 20.1 Å². The van der Waals surface area contributed by atoms with Gasteiger partial charge < -0.3 is 25.0 Å². The molecule has 2 aromatic rings. The van der Waals surface area contributed by atoms with E-state index >= 15 is 0 Å². The topological polar surface area (TPSA) is 133 Å². The number of nitrogens with zero attached hydrogens (tertiary/aromatic N) is 3. The van der Waals surface area contributed by atoms with E-state index in [1.807, 2.05) is 0 Å². The van der Waals surface area contributed by atoms with Gasteiger partial charge in [0.05, 0.1) is 12.9 Å². The third-order valence-electron chi connectivity index (χ3n) is 3.83. The fourth-order valence-corrected chi connectivity index (χ4v) is 2.65. The number of aryl methyl sites for hydroxylation is 1. The molecule has 114 valence electrons. The number of H-pyrrole nitrogens is 1. The first kappa shape index (κ1) is 14.1. The van der Waals surface area contributed by atoms with Gasteiger partial charge in [-0.25, -0.2) is 9.97 Å². The summed E-state index contributed by atoms with van der Waals surface area (Å²) in [4.78, 5) is 22.6. The summed E-state index contributed by atoms with van der Waals surface area (Å²) in [6.07, 6.45) is -2.15. The number of ether oxygens (including phenoxy) is 1. The van der Waals surface area contributed by atoms with Crippen LogP contribution in [-0.2, 0) is 10.5 Å². The Morgan fingerprint density at radius 2 is 2.24 bits per heavy atom. The largest absolute Gasteiger partial charge is 0.394 e. The van der Waals surface area contributed by atoms with E-state index < -0.39 is 36.2 Å². The lowest BCUT2D eigenvalue weighted by Crippen LogP contribution is -2.43. The van der Waals surface area contributed by atoms with E-state index in [-0.39, 0.29) is 11.2 Å². The summed E-state index contributed by atoms with van der Waals surface area (Å²) in [6, 6.07) is 0. The molecule has 0 aliphatic carbocycles. The molecule has 0 bridgehead atoms. The van der Waals surface area contributed by atoms with Crippen LogP contribution in [0.4, 0.5) is 0 Å². The van der Waals surface area contributed by atoms with E-state index in [9.17, 15) is 20.1 Å². The summed E-state index contributed by atoms with van der Waals surface area (Å²) in [5.74, 6) is 0.393. The van der Waals surface area contributed by atoms with Crippen LogP contribution in [0.15, 0.2) is 11.1 Å². The number of aromatic nitrogens is 4. The maximum Gasteiger partial charge on any atom is 0.279 e. The molecule has 1 fully saturated rings. The average Bonchev–Trinajstić information content (AvgIpc) is 2.95. The number of hydrogen-bond donors (Lipinski definition) is 4. The molecule has 3 heterocycles. The molecule has 0 spiro atoms. The molecule has 2 aromatic heterocycles. The number of hydrogen-bond acceptors (Lipinski definition) is 7. The summed E-state index contributed by atoms with van der Waals surface area (Å²) in [5, 5.41) is 29.3. The van der Waals surface area contributed by atoms with Gasteiger partial charge in [-0.2, -0.15) is 0 Å². The van der Waals surface area contributed by atoms with Crippen molar-refractivity contribution in [1.29, 1.82) is 0 Å². The zero-order valence-corrected chi connectivity index (χ0v) is 11.5. The number of aliphatic hydroxyl groups is 3. The summed E-state index contributed by atoms with van der Waals surface area (Å²) in [7, 11) is 0. The molecule has 4 N–H and O–H groups in total. The molecule has 1 aliphatic rings. The predicted molar refractivity (Wildman–Crippen MR) is 70.5 cm³/mol. The molecule has 0 saturated carbocycles. The van der Waals surface area contributed by atoms with E-state index in [0.29, 0.717) is 5.82 Å². The van der Waals surface area contributed by atoms with E-state index in [2.05, 4.69) is 15.0 Å². The van der Waals surface area contributed by atoms with Gasteiger partial charge in [0.15, 0.2) is 16.9 Å². The van der Waals surface area contributed by atoms with Crippen molar-refractivity contribution >= 4 is 11.2 Å². The van der Waals surface area contributed by atoms with Crippen LogP contribution in [-0.4, -0.2) is 59.8 Å². The highest BCUT2D eigenvalue weighted by Crippen LogP contribution is 2.36. The number of aromatic amines is 1. The van der Waals surface area contributed by atoms with Crippen molar-refractivity contribution in [2.45, 2.75) is 37.9 Å². The van der Waals surface area contributed by atoms with Gasteiger partial charge in [-0.05, 0) is 13.8 Å². The summed E-state index contributed by atoms with van der Waals surface area (Å²) in [6.45, 7) is 2.72. The zero-order chi connectivity index (χ0) is 15.4. The van der Waals surface area contributed by atoms with Gasteiger partial charge >= 0.3 is 0 Å². The van der Waals surface area contributed by atoms with Crippen LogP contribution >= 0.6 is 0 Å². The van der Waals surface area contributed by atoms with Crippen molar-refractivity contribution in [1.82, 2.24) is 19.5 Å². The Labute approximate surface area is 118 Å². The van der Waals surface area contributed by atoms with Crippen LogP contribution < -0.4 is 5.56 Å². The number of imidazole rings is 1. The summed E-state index contributed by atoms with van der Waals surface area (Å²) < 4.78 is 6.97. The molecule has 0 unspecified atom stereocenters. The summed E-state index contributed by atoms with van der Waals surface area (Å²) >= 11 is 0. The molecule has 0 aromatic carbocycles. The highest BCUT2D eigenvalue weighted by Gasteiger charge is 2.52. The van der Waals surface area contributed by atoms with Crippen LogP contribution in [0.3, 0.4) is 0 Å². The number of rotatable bonds is 2. The Balaban J connectivity index is 2.19. The standard InChI is InChI=1S/C12H16N4O5/c1-5-14-10-7(11(20)15-5)13-4-16(10)12(2)9(19)8(18)6(3-17)21-12/h4,6,8-9,17-19H,3H2,1-2H3,(H,14,15,20)/t6-,8-,9-,12-/m1/s1. The van der Waals surface area contributed by atoms with Crippen LogP contribution in [0.25, 0.3) is 11.2 Å². The smallest absolute Gasteiger partial charge is 0.279 e. The third kappa shape index (κ3) is 1.89. The van der Waals surface area contributed by atoms with Crippen LogP contribution in [0.2, 0.25) is 0 Å². The van der Waals surface area contributed by atoms with Gasteiger partial charge in [-0.15, -0.1) is 0 Å². The van der Waals surface area contributed by atoms with E-state index in [1.165, 1.54) is 17.8 Å². The lowest BCUT2D eigenvalue weighted by Gasteiger charge is -2.29. The Hall–Kier alpha value is -1.81. The number of nitrogens with one attached hydrogen (secondary N) is 1. The first-order valence-electron chi connectivity index (χ1n) is 6.47. The minimum atomic E-state index is -1.38. The Bertz CT molecular complexity index is 741. The Morgan fingerprint density at radius 1 is 1.52 bits per heavy atom. The molecule has 0 amide bonds. The Morgan fingerprint density at radius 3 is 2.86 bits per heavy atom. The quantitative estimate of drug-likeness (QED) is 0.514. The predicted octanol–water partition coefficient (Wildman–Crippen LogP) is -1.79. The molecule has 21 heavy (non-hydrogen) atoms. The lowest BCUT2D eigenvalue weighted by molar-refractivity contribution is -0.132. The second-order valence-corrected chi connectivity index (χ2v) is 5.27.